The first-order chi connectivity index (χ1) is 13.4. The quantitative estimate of drug-likeness (QED) is 0.686. The van der Waals surface area contributed by atoms with Gasteiger partial charge in [0.1, 0.15) is 28.9 Å². The highest BCUT2D eigenvalue weighted by Gasteiger charge is 2.51. The van der Waals surface area contributed by atoms with E-state index in [1.54, 1.807) is 0 Å². The number of carbonyl (C=O) groups is 2. The van der Waals surface area contributed by atoms with E-state index < -0.39 is 17.7 Å². The molecule has 146 valence electrons. The lowest BCUT2D eigenvalue weighted by Crippen LogP contribution is -2.53. The van der Waals surface area contributed by atoms with Gasteiger partial charge in [-0.1, -0.05) is 18.2 Å². The predicted molar refractivity (Wildman–Crippen MR) is 102 cm³/mol. The van der Waals surface area contributed by atoms with Crippen LogP contribution < -0.4 is 20.7 Å². The van der Waals surface area contributed by atoms with Crippen LogP contribution in [-0.4, -0.2) is 45.6 Å². The maximum Gasteiger partial charge on any atom is 0.405 e. The van der Waals surface area contributed by atoms with E-state index in [9.17, 15) is 14.7 Å². The number of nitrogens with one attached hydrogen (secondary N) is 1. The molecule has 1 fully saturated rings. The second kappa shape index (κ2) is 6.66. The Morgan fingerprint density at radius 2 is 2.04 bits per heavy atom. The Morgan fingerprint density at radius 1 is 1.32 bits per heavy atom. The normalized spacial score (nSPS) is 19.8. The van der Waals surface area contributed by atoms with Gasteiger partial charge in [0.2, 0.25) is 0 Å². The molecule has 1 spiro atoms. The van der Waals surface area contributed by atoms with Crippen molar-refractivity contribution >= 4 is 23.5 Å². The monoisotopic (exact) mass is 383 g/mol. The minimum atomic E-state index is -1.09. The van der Waals surface area contributed by atoms with E-state index in [4.69, 9.17) is 10.5 Å². The Balaban J connectivity index is 1.61. The summed E-state index contributed by atoms with van der Waals surface area (Å²) in [5.74, 6) is 1.22. The topological polar surface area (TPSA) is 131 Å². The first kappa shape index (κ1) is 18.0. The third-order valence-electron chi connectivity index (χ3n) is 5.35. The Hall–Kier alpha value is -3.36. The molecule has 1 atom stereocenters. The average Bonchev–Trinajstić information content (AvgIpc) is 2.95. The standard InChI is InChI=1S/C19H21N5O4/c1-11(25)15-17(22-14(20)10-21-15)24-8-6-19(7-9-24)16(23-18(26)27)12-4-2-3-5-13(12)28-19/h2-5,10,16,23H,6-9H2,1H3,(H2,20,22)(H,26,27)/t16-/m1/s1. The van der Waals surface area contributed by atoms with Gasteiger partial charge < -0.3 is 25.8 Å². The molecule has 4 N–H and O–H groups in total. The molecule has 0 unspecified atom stereocenters. The SMILES string of the molecule is CC(=O)c1ncc(N)nc1N1CCC2(CC1)Oc1ccccc1[C@H]2NC(=O)O. The van der Waals surface area contributed by atoms with Crippen LogP contribution in [0.15, 0.2) is 30.5 Å². The van der Waals surface area contributed by atoms with Gasteiger partial charge in [-0.05, 0) is 6.07 Å². The lowest BCUT2D eigenvalue weighted by Gasteiger charge is -2.42. The van der Waals surface area contributed by atoms with Gasteiger partial charge in [0.25, 0.3) is 0 Å². The number of nitrogens with two attached hydrogens (primary N) is 1. The smallest absolute Gasteiger partial charge is 0.405 e. The number of ketones is 1. The summed E-state index contributed by atoms with van der Waals surface area (Å²) < 4.78 is 6.25. The van der Waals surface area contributed by atoms with Crippen molar-refractivity contribution < 1.29 is 19.4 Å². The molecule has 9 nitrogen and oxygen atoms in total. The summed E-state index contributed by atoms with van der Waals surface area (Å²) in [7, 11) is 0. The van der Waals surface area contributed by atoms with Crippen molar-refractivity contribution in [1.82, 2.24) is 15.3 Å². The summed E-state index contributed by atoms with van der Waals surface area (Å²) in [5.41, 5.74) is 6.21. The number of nitrogen functional groups attached to an aromatic ring is 1. The van der Waals surface area contributed by atoms with Crippen molar-refractivity contribution in [2.45, 2.75) is 31.4 Å². The summed E-state index contributed by atoms with van der Waals surface area (Å²) in [6, 6.07) is 7.02. The molecule has 2 aromatic rings. The second-order valence-electron chi connectivity index (χ2n) is 7.10. The maximum atomic E-state index is 11.9. The number of piperidine rings is 1. The number of anilines is 2. The maximum absolute atomic E-state index is 11.9. The molecule has 9 heteroatoms. The summed E-state index contributed by atoms with van der Waals surface area (Å²) >= 11 is 0. The Morgan fingerprint density at radius 3 is 2.71 bits per heavy atom. The fourth-order valence-corrected chi connectivity index (χ4v) is 4.06. The first-order valence-electron chi connectivity index (χ1n) is 9.05. The Labute approximate surface area is 161 Å². The number of carboxylic acid groups (broad SMARTS) is 1. The zero-order chi connectivity index (χ0) is 19.9. The number of hydrogen-bond donors (Lipinski definition) is 3. The van der Waals surface area contributed by atoms with Gasteiger partial charge in [0, 0.05) is 38.4 Å². The van der Waals surface area contributed by atoms with Crippen LogP contribution in [0.25, 0.3) is 0 Å². The summed E-state index contributed by atoms with van der Waals surface area (Å²) in [4.78, 5) is 33.7. The van der Waals surface area contributed by atoms with Crippen LogP contribution >= 0.6 is 0 Å². The summed E-state index contributed by atoms with van der Waals surface area (Å²) in [5, 5.41) is 11.9. The molecular formula is C19H21N5O4. The van der Waals surface area contributed by atoms with Gasteiger partial charge in [0.15, 0.2) is 11.6 Å². The summed E-state index contributed by atoms with van der Waals surface area (Å²) in [6.45, 7) is 2.51. The molecular weight excluding hydrogens is 362 g/mol. The zero-order valence-electron chi connectivity index (χ0n) is 15.4. The molecule has 1 amide bonds. The van der Waals surface area contributed by atoms with Crippen LogP contribution in [0.4, 0.5) is 16.4 Å². The average molecular weight is 383 g/mol. The highest BCUT2D eigenvalue weighted by atomic mass is 16.5. The Kier molecular flexibility index (Phi) is 4.29. The Bertz CT molecular complexity index is 940. The highest BCUT2D eigenvalue weighted by molar-refractivity contribution is 5.97. The molecule has 2 aliphatic heterocycles. The number of rotatable bonds is 3. The molecule has 1 saturated heterocycles. The van der Waals surface area contributed by atoms with E-state index in [0.717, 1.165) is 5.56 Å². The van der Waals surface area contributed by atoms with Crippen LogP contribution in [-0.2, 0) is 0 Å². The van der Waals surface area contributed by atoms with Crippen molar-refractivity contribution in [3.8, 4) is 5.75 Å². The number of hydrogen-bond acceptors (Lipinski definition) is 7. The van der Waals surface area contributed by atoms with Gasteiger partial charge in [-0.15, -0.1) is 0 Å². The molecule has 1 aromatic carbocycles. The number of ether oxygens (including phenoxy) is 1. The van der Waals surface area contributed by atoms with Crippen molar-refractivity contribution in [2.24, 2.45) is 0 Å². The van der Waals surface area contributed by atoms with E-state index in [2.05, 4.69) is 15.3 Å². The van der Waals surface area contributed by atoms with Crippen molar-refractivity contribution in [1.29, 1.82) is 0 Å². The van der Waals surface area contributed by atoms with Gasteiger partial charge in [-0.3, -0.25) is 4.79 Å². The largest absolute Gasteiger partial charge is 0.484 e. The van der Waals surface area contributed by atoms with Crippen LogP contribution in [0.2, 0.25) is 0 Å². The van der Waals surface area contributed by atoms with E-state index in [0.29, 0.717) is 37.5 Å². The number of benzene rings is 1. The predicted octanol–water partition coefficient (Wildman–Crippen LogP) is 2.00. The van der Waals surface area contributed by atoms with Crippen LogP contribution in [0, 0.1) is 0 Å². The van der Waals surface area contributed by atoms with E-state index in [1.807, 2.05) is 29.2 Å². The number of para-hydroxylation sites is 1. The van der Waals surface area contributed by atoms with E-state index in [-0.39, 0.29) is 17.3 Å². The minimum absolute atomic E-state index is 0.183. The molecule has 0 bridgehead atoms. The minimum Gasteiger partial charge on any atom is -0.484 e. The second-order valence-corrected chi connectivity index (χ2v) is 7.10. The molecule has 2 aliphatic rings. The van der Waals surface area contributed by atoms with Crippen LogP contribution in [0.1, 0.15) is 41.9 Å². The molecule has 1 aromatic heterocycles. The number of carbonyl (C=O) groups excluding carboxylic acids is 1. The van der Waals surface area contributed by atoms with E-state index in [1.165, 1.54) is 13.1 Å². The fraction of sp³-hybridized carbons (Fsp3) is 0.368. The number of Topliss-reactive ketones (excluding diaryl/α,β-unsaturated/α-hetero) is 1. The number of amides is 1. The fourth-order valence-electron chi connectivity index (χ4n) is 4.06. The lowest BCUT2D eigenvalue weighted by molar-refractivity contribution is 0.0315. The molecule has 0 saturated carbocycles. The van der Waals surface area contributed by atoms with Gasteiger partial charge >= 0.3 is 6.09 Å². The highest BCUT2D eigenvalue weighted by Crippen LogP contribution is 2.48. The van der Waals surface area contributed by atoms with Gasteiger partial charge in [-0.2, -0.15) is 0 Å². The van der Waals surface area contributed by atoms with Crippen molar-refractivity contribution in [3.63, 3.8) is 0 Å². The molecule has 4 rings (SSSR count). The zero-order valence-corrected chi connectivity index (χ0v) is 15.4. The first-order valence-corrected chi connectivity index (χ1v) is 9.05. The summed E-state index contributed by atoms with van der Waals surface area (Å²) in [6.07, 6.45) is 1.39. The van der Waals surface area contributed by atoms with Crippen molar-refractivity contribution in [3.05, 3.63) is 41.7 Å². The third-order valence-corrected chi connectivity index (χ3v) is 5.35. The van der Waals surface area contributed by atoms with Crippen molar-refractivity contribution in [2.75, 3.05) is 23.7 Å². The van der Waals surface area contributed by atoms with Crippen LogP contribution in [0.3, 0.4) is 0 Å². The molecule has 3 heterocycles. The third kappa shape index (κ3) is 2.98. The molecule has 0 aliphatic carbocycles. The lowest BCUT2D eigenvalue weighted by atomic mass is 9.82. The number of aromatic nitrogens is 2. The van der Waals surface area contributed by atoms with Gasteiger partial charge in [0.05, 0.1) is 6.20 Å². The van der Waals surface area contributed by atoms with Crippen LogP contribution in [0.5, 0.6) is 5.75 Å². The molecule has 28 heavy (non-hydrogen) atoms. The number of fused-ring (bicyclic) bond motifs is 1. The molecule has 0 radical (unpaired) electrons. The number of nitrogens with zero attached hydrogens (tertiary/aromatic N) is 3. The van der Waals surface area contributed by atoms with E-state index >= 15 is 0 Å². The van der Waals surface area contributed by atoms with Gasteiger partial charge in [-0.25, -0.2) is 14.8 Å².